The SMILES string of the molecule is CC1(C)c2ncccc2-c2c1n(-c1cc(-c3ccccn3)nc(-c3ccccn3)c1)c1ccccc21. The van der Waals surface area contributed by atoms with Crippen molar-refractivity contribution in [3.63, 3.8) is 0 Å². The number of benzene rings is 1. The van der Waals surface area contributed by atoms with Crippen LogP contribution in [0.25, 0.3) is 50.5 Å². The Morgan fingerprint density at radius 3 is 1.94 bits per heavy atom. The fourth-order valence-electron chi connectivity index (χ4n) is 5.53. The second-order valence-electron chi connectivity index (χ2n) is 9.63. The predicted molar refractivity (Wildman–Crippen MR) is 143 cm³/mol. The van der Waals surface area contributed by atoms with E-state index in [1.54, 1.807) is 12.4 Å². The molecule has 0 saturated heterocycles. The molecule has 172 valence electrons. The third-order valence-electron chi connectivity index (χ3n) is 7.06. The second-order valence-corrected chi connectivity index (χ2v) is 9.63. The predicted octanol–water partition coefficient (Wildman–Crippen LogP) is 6.85. The van der Waals surface area contributed by atoms with Gasteiger partial charge in [0.05, 0.1) is 39.7 Å². The lowest BCUT2D eigenvalue weighted by Crippen LogP contribution is -2.21. The number of hydrogen-bond donors (Lipinski definition) is 0. The van der Waals surface area contributed by atoms with Gasteiger partial charge >= 0.3 is 0 Å². The molecule has 0 spiro atoms. The van der Waals surface area contributed by atoms with Gasteiger partial charge in [-0.05, 0) is 62.4 Å². The summed E-state index contributed by atoms with van der Waals surface area (Å²) in [6.07, 6.45) is 5.50. The summed E-state index contributed by atoms with van der Waals surface area (Å²) in [7, 11) is 0. The number of fused-ring (bicyclic) bond motifs is 5. The monoisotopic (exact) mass is 465 g/mol. The van der Waals surface area contributed by atoms with E-state index in [1.807, 2.05) is 48.7 Å². The number of rotatable bonds is 3. The van der Waals surface area contributed by atoms with Crippen molar-refractivity contribution in [2.24, 2.45) is 0 Å². The van der Waals surface area contributed by atoms with Gasteiger partial charge in [0.2, 0.25) is 0 Å². The third-order valence-corrected chi connectivity index (χ3v) is 7.06. The highest BCUT2D eigenvalue weighted by Crippen LogP contribution is 2.52. The Labute approximate surface area is 209 Å². The highest BCUT2D eigenvalue weighted by Gasteiger charge is 2.42. The number of pyridine rings is 4. The lowest BCUT2D eigenvalue weighted by atomic mass is 9.89. The summed E-state index contributed by atoms with van der Waals surface area (Å²) in [5, 5.41) is 1.22. The van der Waals surface area contributed by atoms with Gasteiger partial charge in [0.25, 0.3) is 0 Å². The Kier molecular flexibility index (Phi) is 4.42. The Balaban J connectivity index is 1.58. The maximum atomic E-state index is 4.98. The van der Waals surface area contributed by atoms with Gasteiger partial charge in [-0.1, -0.05) is 36.4 Å². The van der Waals surface area contributed by atoms with Crippen LogP contribution in [-0.4, -0.2) is 24.5 Å². The van der Waals surface area contributed by atoms with Crippen LogP contribution in [0.2, 0.25) is 0 Å². The van der Waals surface area contributed by atoms with Crippen LogP contribution in [0, 0.1) is 0 Å². The lowest BCUT2D eigenvalue weighted by Gasteiger charge is -2.24. The van der Waals surface area contributed by atoms with Gasteiger partial charge in [0.15, 0.2) is 0 Å². The average molecular weight is 466 g/mol. The molecule has 0 saturated carbocycles. The number of aromatic nitrogens is 5. The normalized spacial score (nSPS) is 13.5. The van der Waals surface area contributed by atoms with E-state index in [4.69, 9.17) is 9.97 Å². The van der Waals surface area contributed by atoms with E-state index < -0.39 is 0 Å². The summed E-state index contributed by atoms with van der Waals surface area (Å²) in [6.45, 7) is 4.53. The molecule has 0 amide bonds. The summed E-state index contributed by atoms with van der Waals surface area (Å²) in [6, 6.07) is 28.9. The molecule has 1 aliphatic carbocycles. The van der Waals surface area contributed by atoms with E-state index in [-0.39, 0.29) is 5.41 Å². The number of nitrogens with zero attached hydrogens (tertiary/aromatic N) is 5. The summed E-state index contributed by atoms with van der Waals surface area (Å²) in [5.74, 6) is 0. The smallest absolute Gasteiger partial charge is 0.0915 e. The molecule has 0 unspecified atom stereocenters. The van der Waals surface area contributed by atoms with Gasteiger partial charge in [-0.3, -0.25) is 15.0 Å². The van der Waals surface area contributed by atoms with Gasteiger partial charge in [0.1, 0.15) is 0 Å². The molecule has 1 aromatic carbocycles. The molecule has 0 aliphatic heterocycles. The van der Waals surface area contributed by atoms with Gasteiger partial charge in [0, 0.05) is 46.2 Å². The van der Waals surface area contributed by atoms with Crippen LogP contribution in [0.1, 0.15) is 25.2 Å². The summed E-state index contributed by atoms with van der Waals surface area (Å²) in [5.41, 5.74) is 10.0. The first-order valence-electron chi connectivity index (χ1n) is 12.1. The van der Waals surface area contributed by atoms with Crippen molar-refractivity contribution < 1.29 is 0 Å². The molecule has 5 nitrogen and oxygen atoms in total. The molecule has 0 radical (unpaired) electrons. The largest absolute Gasteiger partial charge is 0.312 e. The fraction of sp³-hybridized carbons (Fsp3) is 0.0968. The first kappa shape index (κ1) is 20.7. The summed E-state index contributed by atoms with van der Waals surface area (Å²) in [4.78, 5) is 19.0. The van der Waals surface area contributed by atoms with E-state index in [1.165, 1.54) is 22.2 Å². The van der Waals surface area contributed by atoms with Crippen LogP contribution in [-0.2, 0) is 5.41 Å². The highest BCUT2D eigenvalue weighted by atomic mass is 15.0. The molecule has 6 aromatic rings. The molecule has 0 N–H and O–H groups in total. The van der Waals surface area contributed by atoms with Crippen molar-refractivity contribution in [1.82, 2.24) is 24.5 Å². The first-order chi connectivity index (χ1) is 17.6. The standard InChI is InChI=1S/C31H23N5/c1-31(2)29-22(11-9-17-34-29)28-21-10-3-4-14-27(21)36(30(28)31)20-18-25(23-12-5-7-15-32-23)35-26(19-20)24-13-6-8-16-33-24/h3-19H,1-2H3. The Morgan fingerprint density at radius 2 is 1.28 bits per heavy atom. The van der Waals surface area contributed by atoms with Crippen LogP contribution in [0.4, 0.5) is 0 Å². The van der Waals surface area contributed by atoms with Crippen molar-refractivity contribution >= 4 is 10.9 Å². The zero-order chi connectivity index (χ0) is 24.3. The minimum Gasteiger partial charge on any atom is -0.312 e. The Bertz CT molecular complexity index is 1690. The van der Waals surface area contributed by atoms with Crippen LogP contribution < -0.4 is 0 Å². The minimum atomic E-state index is -0.273. The molecule has 5 aromatic heterocycles. The van der Waals surface area contributed by atoms with Gasteiger partial charge in [-0.25, -0.2) is 4.98 Å². The van der Waals surface area contributed by atoms with E-state index >= 15 is 0 Å². The molecule has 1 aliphatic rings. The second kappa shape index (κ2) is 7.68. The third kappa shape index (κ3) is 2.96. The van der Waals surface area contributed by atoms with Crippen molar-refractivity contribution in [3.05, 3.63) is 115 Å². The molecule has 5 heteroatoms. The molecule has 36 heavy (non-hydrogen) atoms. The van der Waals surface area contributed by atoms with Gasteiger partial charge in [-0.2, -0.15) is 0 Å². The zero-order valence-electron chi connectivity index (χ0n) is 20.1. The average Bonchev–Trinajstić information content (AvgIpc) is 3.40. The molecule has 7 rings (SSSR count). The molecule has 0 atom stereocenters. The van der Waals surface area contributed by atoms with Crippen molar-refractivity contribution in [2.45, 2.75) is 19.3 Å². The maximum absolute atomic E-state index is 4.98. The van der Waals surface area contributed by atoms with E-state index in [0.717, 1.165) is 39.7 Å². The van der Waals surface area contributed by atoms with Crippen LogP contribution >= 0.6 is 0 Å². The van der Waals surface area contributed by atoms with Crippen LogP contribution in [0.5, 0.6) is 0 Å². The zero-order valence-corrected chi connectivity index (χ0v) is 20.1. The van der Waals surface area contributed by atoms with E-state index in [9.17, 15) is 0 Å². The van der Waals surface area contributed by atoms with Crippen molar-refractivity contribution in [3.8, 4) is 39.6 Å². The number of hydrogen-bond acceptors (Lipinski definition) is 4. The number of para-hydroxylation sites is 1. The van der Waals surface area contributed by atoms with Gasteiger partial charge < -0.3 is 4.57 Å². The lowest BCUT2D eigenvalue weighted by molar-refractivity contribution is 0.604. The van der Waals surface area contributed by atoms with Crippen molar-refractivity contribution in [1.29, 1.82) is 0 Å². The summed E-state index contributed by atoms with van der Waals surface area (Å²) < 4.78 is 2.38. The minimum absolute atomic E-state index is 0.273. The van der Waals surface area contributed by atoms with Crippen LogP contribution in [0.3, 0.4) is 0 Å². The van der Waals surface area contributed by atoms with E-state index in [0.29, 0.717) is 0 Å². The molecular weight excluding hydrogens is 442 g/mol. The Morgan fingerprint density at radius 1 is 0.639 bits per heavy atom. The van der Waals surface area contributed by atoms with Crippen molar-refractivity contribution in [2.75, 3.05) is 0 Å². The van der Waals surface area contributed by atoms with E-state index in [2.05, 4.69) is 70.8 Å². The summed E-state index contributed by atoms with van der Waals surface area (Å²) >= 11 is 0. The quantitative estimate of drug-likeness (QED) is 0.287. The molecule has 0 bridgehead atoms. The van der Waals surface area contributed by atoms with Crippen LogP contribution in [0.15, 0.2) is 104 Å². The maximum Gasteiger partial charge on any atom is 0.0915 e. The Hall–Kier alpha value is -4.64. The molecule has 5 heterocycles. The molecular formula is C31H23N5. The highest BCUT2D eigenvalue weighted by molar-refractivity contribution is 6.03. The first-order valence-corrected chi connectivity index (χ1v) is 12.1. The molecule has 0 fully saturated rings. The topological polar surface area (TPSA) is 56.5 Å². The van der Waals surface area contributed by atoms with Gasteiger partial charge in [-0.15, -0.1) is 0 Å². The fourth-order valence-corrected chi connectivity index (χ4v) is 5.53.